The van der Waals surface area contributed by atoms with Gasteiger partial charge in [-0.2, -0.15) is 8.42 Å². The lowest BCUT2D eigenvalue weighted by molar-refractivity contribution is -0.142. The average Bonchev–Trinajstić information content (AvgIpc) is 3.18. The molecule has 1 heterocycles. The Labute approximate surface area is 243 Å². The van der Waals surface area contributed by atoms with Crippen molar-refractivity contribution < 1.29 is 42.2 Å². The van der Waals surface area contributed by atoms with Crippen molar-refractivity contribution in [3.63, 3.8) is 0 Å². The molecule has 226 valence electrons. The third-order valence-corrected chi connectivity index (χ3v) is 7.55. The maximum Gasteiger partial charge on any atom is 0.266 e. The fourth-order valence-electron chi connectivity index (χ4n) is 4.80. The van der Waals surface area contributed by atoms with E-state index >= 15 is 0 Å². The maximum absolute atomic E-state index is 13.8. The highest BCUT2D eigenvalue weighted by molar-refractivity contribution is 7.85. The Hall–Kier alpha value is -4.14. The Morgan fingerprint density at radius 3 is 1.95 bits per heavy atom. The summed E-state index contributed by atoms with van der Waals surface area (Å²) in [6, 6.07) is 13.6. The second kappa shape index (κ2) is 14.2. The number of imide groups is 1. The van der Waals surface area contributed by atoms with Gasteiger partial charge in [-0.1, -0.05) is 56.3 Å². The van der Waals surface area contributed by atoms with Gasteiger partial charge < -0.3 is 10.6 Å². The lowest BCUT2D eigenvalue weighted by Crippen LogP contribution is -2.53. The number of benzene rings is 2. The van der Waals surface area contributed by atoms with E-state index < -0.39 is 76.4 Å². The van der Waals surface area contributed by atoms with Crippen LogP contribution in [0.15, 0.2) is 54.6 Å². The molecule has 14 heteroatoms. The average molecular weight is 603 g/mol. The van der Waals surface area contributed by atoms with Gasteiger partial charge in [0.05, 0.1) is 28.7 Å². The van der Waals surface area contributed by atoms with Crippen LogP contribution in [0.5, 0.6) is 0 Å². The van der Waals surface area contributed by atoms with Gasteiger partial charge in [0.25, 0.3) is 21.9 Å². The van der Waals surface area contributed by atoms with E-state index in [0.717, 1.165) is 4.90 Å². The van der Waals surface area contributed by atoms with E-state index in [2.05, 4.69) is 10.6 Å². The highest BCUT2D eigenvalue weighted by Gasteiger charge is 2.42. The molecule has 0 saturated carbocycles. The fourth-order valence-corrected chi connectivity index (χ4v) is 5.16. The Kier molecular flexibility index (Phi) is 10.9. The zero-order valence-electron chi connectivity index (χ0n) is 23.1. The molecule has 2 aromatic carbocycles. The van der Waals surface area contributed by atoms with Crippen molar-refractivity contribution in [2.75, 3.05) is 18.8 Å². The fraction of sp³-hybridized carbons (Fsp3) is 0.393. The van der Waals surface area contributed by atoms with Crippen LogP contribution >= 0.6 is 0 Å². The molecule has 0 aliphatic carbocycles. The van der Waals surface area contributed by atoms with Gasteiger partial charge in [0.15, 0.2) is 0 Å². The van der Waals surface area contributed by atoms with Crippen LogP contribution in [-0.4, -0.2) is 77.5 Å². The van der Waals surface area contributed by atoms with E-state index in [1.165, 1.54) is 17.6 Å². The summed E-state index contributed by atoms with van der Waals surface area (Å²) in [5.74, 6) is -7.23. The number of carbonyl (C=O) groups is 5. The van der Waals surface area contributed by atoms with Gasteiger partial charge in [0.1, 0.15) is 6.04 Å². The third kappa shape index (κ3) is 8.44. The Morgan fingerprint density at radius 2 is 1.43 bits per heavy atom. The zero-order chi connectivity index (χ0) is 31.0. The van der Waals surface area contributed by atoms with Crippen molar-refractivity contribution in [2.24, 2.45) is 17.8 Å². The zero-order valence-corrected chi connectivity index (χ0v) is 24.0. The highest BCUT2D eigenvalue weighted by atomic mass is 32.2. The molecular formula is C28H34N4O9S. The van der Waals surface area contributed by atoms with Crippen LogP contribution in [0.4, 0.5) is 0 Å². The van der Waals surface area contributed by atoms with Crippen molar-refractivity contribution in [3.05, 3.63) is 71.3 Å². The minimum Gasteiger partial charge on any atom is -0.353 e. The van der Waals surface area contributed by atoms with Crippen LogP contribution in [0.25, 0.3) is 0 Å². The van der Waals surface area contributed by atoms with Crippen molar-refractivity contribution in [2.45, 2.75) is 32.7 Å². The number of amides is 5. The molecule has 42 heavy (non-hydrogen) atoms. The number of carbonyl (C=O) groups excluding carboxylic acids is 5. The first-order chi connectivity index (χ1) is 19.8. The number of fused-ring (bicyclic) bond motifs is 1. The van der Waals surface area contributed by atoms with Gasteiger partial charge in [-0.25, -0.2) is 5.48 Å². The van der Waals surface area contributed by atoms with Crippen LogP contribution in [0.1, 0.15) is 46.5 Å². The molecular weight excluding hydrogens is 568 g/mol. The van der Waals surface area contributed by atoms with E-state index in [1.54, 1.807) is 56.3 Å². The van der Waals surface area contributed by atoms with Crippen LogP contribution in [0.2, 0.25) is 0 Å². The first-order valence-corrected chi connectivity index (χ1v) is 14.9. The number of nitrogens with one attached hydrogen (secondary N) is 3. The lowest BCUT2D eigenvalue weighted by atomic mass is 9.83. The summed E-state index contributed by atoms with van der Waals surface area (Å²) in [5.41, 5.74) is 2.50. The molecule has 0 bridgehead atoms. The number of hydrogen-bond acceptors (Lipinski definition) is 8. The molecule has 3 atom stereocenters. The van der Waals surface area contributed by atoms with Crippen LogP contribution in [0.3, 0.4) is 0 Å². The Morgan fingerprint density at radius 1 is 0.857 bits per heavy atom. The Bertz CT molecular complexity index is 1390. The van der Waals surface area contributed by atoms with Crippen molar-refractivity contribution in [1.82, 2.24) is 21.0 Å². The molecule has 1 unspecified atom stereocenters. The van der Waals surface area contributed by atoms with E-state index in [-0.39, 0.29) is 29.9 Å². The normalized spacial score (nSPS) is 15.1. The van der Waals surface area contributed by atoms with Crippen LogP contribution in [-0.2, 0) is 30.9 Å². The highest BCUT2D eigenvalue weighted by Crippen LogP contribution is 2.28. The SMILES string of the molecule is CC(C)C[C@@H](C(=O)N[C@@H](Cc1ccccc1)C(=O)NCCS(=O)(=O)O)C(CN1C(=O)c2ccccc2C1=O)C(=O)NO. The summed E-state index contributed by atoms with van der Waals surface area (Å²) in [4.78, 5) is 66.6. The van der Waals surface area contributed by atoms with Gasteiger partial charge >= 0.3 is 0 Å². The maximum atomic E-state index is 13.8. The standard InChI is InChI=1S/C28H34N4O9S/c1-17(2)14-21(22(25(34)31-38)16-32-27(36)19-10-6-7-11-20(19)28(32)37)24(33)30-23(15-18-8-4-3-5-9-18)26(35)29-12-13-42(39,40)41/h3-11,17,21-23,38H,12-16H2,1-2H3,(H,29,35)(H,30,33)(H,31,34)(H,39,40,41)/t21-,22?,23+/m1/s1. The first kappa shape index (κ1) is 32.4. The minimum atomic E-state index is -4.35. The number of hydrogen-bond donors (Lipinski definition) is 5. The van der Waals surface area contributed by atoms with Crippen LogP contribution < -0.4 is 16.1 Å². The quantitative estimate of drug-likeness (QED) is 0.0898. The van der Waals surface area contributed by atoms with E-state index in [4.69, 9.17) is 4.55 Å². The predicted molar refractivity (Wildman–Crippen MR) is 150 cm³/mol. The van der Waals surface area contributed by atoms with Gasteiger partial charge in [-0.05, 0) is 30.0 Å². The summed E-state index contributed by atoms with van der Waals surface area (Å²) in [6.45, 7) is 2.66. The smallest absolute Gasteiger partial charge is 0.266 e. The molecule has 0 fully saturated rings. The van der Waals surface area contributed by atoms with Gasteiger partial charge in [0.2, 0.25) is 17.7 Å². The third-order valence-electron chi connectivity index (χ3n) is 6.83. The monoisotopic (exact) mass is 602 g/mol. The summed E-state index contributed by atoms with van der Waals surface area (Å²) in [6.07, 6.45) is 0.101. The van der Waals surface area contributed by atoms with E-state index in [1.807, 2.05) is 0 Å². The second-order valence-corrected chi connectivity index (χ2v) is 12.0. The van der Waals surface area contributed by atoms with E-state index in [9.17, 15) is 37.6 Å². The summed E-state index contributed by atoms with van der Waals surface area (Å²) >= 11 is 0. The molecule has 5 amide bonds. The topological polar surface area (TPSA) is 199 Å². The van der Waals surface area contributed by atoms with Gasteiger partial charge in [-0.15, -0.1) is 0 Å². The van der Waals surface area contributed by atoms with Crippen molar-refractivity contribution in [1.29, 1.82) is 0 Å². The molecule has 2 aromatic rings. The molecule has 3 rings (SSSR count). The second-order valence-electron chi connectivity index (χ2n) is 10.4. The molecule has 13 nitrogen and oxygen atoms in total. The lowest BCUT2D eigenvalue weighted by Gasteiger charge is -2.30. The molecule has 0 spiro atoms. The van der Waals surface area contributed by atoms with Gasteiger partial charge in [0, 0.05) is 19.5 Å². The predicted octanol–water partition coefficient (Wildman–Crippen LogP) is 0.798. The molecule has 0 aromatic heterocycles. The summed E-state index contributed by atoms with van der Waals surface area (Å²) < 4.78 is 31.2. The van der Waals surface area contributed by atoms with Crippen molar-refractivity contribution in [3.8, 4) is 0 Å². The summed E-state index contributed by atoms with van der Waals surface area (Å²) in [7, 11) is -4.35. The van der Waals surface area contributed by atoms with Crippen molar-refractivity contribution >= 4 is 39.7 Å². The minimum absolute atomic E-state index is 0.00789. The molecule has 1 aliphatic rings. The van der Waals surface area contributed by atoms with Gasteiger partial charge in [-0.3, -0.25) is 38.6 Å². The number of rotatable bonds is 14. The first-order valence-electron chi connectivity index (χ1n) is 13.3. The largest absolute Gasteiger partial charge is 0.353 e. The molecule has 0 saturated heterocycles. The summed E-state index contributed by atoms with van der Waals surface area (Å²) in [5, 5.41) is 14.5. The Balaban J connectivity index is 1.89. The van der Waals surface area contributed by atoms with E-state index in [0.29, 0.717) is 5.56 Å². The number of hydroxylamine groups is 1. The number of nitrogens with zero attached hydrogens (tertiary/aromatic N) is 1. The molecule has 0 radical (unpaired) electrons. The molecule has 1 aliphatic heterocycles. The van der Waals surface area contributed by atoms with Crippen LogP contribution in [0, 0.1) is 17.8 Å². The molecule has 5 N–H and O–H groups in total.